The average Bonchev–Trinajstić information content (AvgIpc) is 3.96. The molecular weight excluding hydrogens is 835 g/mol. The molecule has 0 amide bonds. The minimum absolute atomic E-state index is 0.472. The zero-order chi connectivity index (χ0) is 45.7. The Kier molecular flexibility index (Phi) is 9.77. The molecule has 2 nitrogen and oxygen atoms in total. The van der Waals surface area contributed by atoms with Crippen LogP contribution in [0.2, 0.25) is 0 Å². The Bertz CT molecular complexity index is 3770. The summed E-state index contributed by atoms with van der Waals surface area (Å²) in [5.74, 6) is 0. The molecule has 0 radical (unpaired) electrons. The number of para-hydroxylation sites is 2. The highest BCUT2D eigenvalue weighted by atomic mass is 16.3. The molecule has 1 aromatic heterocycles. The number of fused-ring (bicyclic) bond motifs is 6. The predicted octanol–water partition coefficient (Wildman–Crippen LogP) is 18.1. The first-order valence-electron chi connectivity index (χ1n) is 23.7. The average molecular weight is 880 g/mol. The van der Waals surface area contributed by atoms with Gasteiger partial charge in [0.1, 0.15) is 11.2 Å². The Morgan fingerprint density at radius 1 is 0.275 bits per heavy atom. The lowest BCUT2D eigenvalue weighted by molar-refractivity contribution is 0.670. The number of nitrogens with zero attached hydrogens (tertiary/aromatic N) is 1. The van der Waals surface area contributed by atoms with Crippen LogP contribution in [0.3, 0.4) is 0 Å². The summed E-state index contributed by atoms with van der Waals surface area (Å²) in [7, 11) is 0. The van der Waals surface area contributed by atoms with Gasteiger partial charge < -0.3 is 9.32 Å². The van der Waals surface area contributed by atoms with Crippen molar-refractivity contribution in [1.29, 1.82) is 0 Å². The van der Waals surface area contributed by atoms with E-state index in [2.05, 4.69) is 266 Å². The minimum Gasteiger partial charge on any atom is -0.455 e. The second-order valence-electron chi connectivity index (χ2n) is 18.0. The van der Waals surface area contributed by atoms with Gasteiger partial charge in [0, 0.05) is 33.4 Å². The fraction of sp³-hybridized carbons (Fsp3) is 0.0149. The molecule has 0 saturated carbocycles. The number of hydrogen-bond donors (Lipinski definition) is 0. The highest BCUT2D eigenvalue weighted by molar-refractivity contribution is 6.09. The molecular formula is C67H45NO. The highest BCUT2D eigenvalue weighted by Gasteiger charge is 2.45. The van der Waals surface area contributed by atoms with Gasteiger partial charge in [-0.1, -0.05) is 218 Å². The lowest BCUT2D eigenvalue weighted by Gasteiger charge is -2.34. The van der Waals surface area contributed by atoms with E-state index in [1.54, 1.807) is 0 Å². The lowest BCUT2D eigenvalue weighted by Crippen LogP contribution is -2.28. The van der Waals surface area contributed by atoms with E-state index in [0.717, 1.165) is 61.3 Å². The van der Waals surface area contributed by atoms with Gasteiger partial charge in [-0.2, -0.15) is 0 Å². The van der Waals surface area contributed by atoms with Crippen LogP contribution in [0.25, 0.3) is 77.6 Å². The molecule has 0 saturated heterocycles. The second kappa shape index (κ2) is 16.7. The van der Waals surface area contributed by atoms with Crippen molar-refractivity contribution >= 4 is 39.0 Å². The van der Waals surface area contributed by atoms with E-state index in [1.165, 1.54) is 55.6 Å². The molecule has 13 rings (SSSR count). The summed E-state index contributed by atoms with van der Waals surface area (Å²) in [5, 5.41) is 2.27. The first kappa shape index (κ1) is 40.3. The number of hydrogen-bond acceptors (Lipinski definition) is 2. The molecule has 0 N–H and O–H groups in total. The minimum atomic E-state index is -0.472. The first-order chi connectivity index (χ1) is 34.2. The molecule has 12 aromatic rings. The molecule has 69 heavy (non-hydrogen) atoms. The van der Waals surface area contributed by atoms with Gasteiger partial charge in [-0.15, -0.1) is 0 Å². The molecule has 0 spiro atoms. The monoisotopic (exact) mass is 879 g/mol. The molecule has 1 aliphatic rings. The predicted molar refractivity (Wildman–Crippen MR) is 287 cm³/mol. The third-order valence-corrected chi connectivity index (χ3v) is 14.2. The molecule has 0 atom stereocenters. The smallest absolute Gasteiger partial charge is 0.143 e. The maximum absolute atomic E-state index is 6.46. The molecule has 1 aliphatic carbocycles. The maximum atomic E-state index is 6.46. The van der Waals surface area contributed by atoms with Crippen molar-refractivity contribution in [3.63, 3.8) is 0 Å². The van der Waals surface area contributed by atoms with Crippen molar-refractivity contribution in [3.05, 3.63) is 295 Å². The third kappa shape index (κ3) is 6.80. The Morgan fingerprint density at radius 2 is 0.681 bits per heavy atom. The Balaban J connectivity index is 0.903. The molecule has 0 unspecified atom stereocenters. The maximum Gasteiger partial charge on any atom is 0.143 e. The van der Waals surface area contributed by atoms with Crippen LogP contribution >= 0.6 is 0 Å². The van der Waals surface area contributed by atoms with E-state index in [0.29, 0.717) is 0 Å². The van der Waals surface area contributed by atoms with Crippen LogP contribution in [0, 0.1) is 0 Å². The fourth-order valence-electron chi connectivity index (χ4n) is 11.0. The summed E-state index contributed by atoms with van der Waals surface area (Å²) in [6.45, 7) is 0. The van der Waals surface area contributed by atoms with Crippen molar-refractivity contribution < 1.29 is 4.42 Å². The summed E-state index contributed by atoms with van der Waals surface area (Å²) in [5.41, 5.74) is 21.5. The highest BCUT2D eigenvalue weighted by Crippen LogP contribution is 2.56. The SMILES string of the molecule is c1ccc(-c2cccc(-c3ccc(N(c4ccc(-c5cccc(-c6cccc7c6oc6ccccc67)c5)cc4)c4ccc(C5(c6ccccc6)c6ccccc6-c6ccccc65)cc4)cc3)c2)cc1. The molecule has 2 heteroatoms. The molecule has 1 heterocycles. The van der Waals surface area contributed by atoms with Crippen LogP contribution < -0.4 is 4.90 Å². The third-order valence-electron chi connectivity index (χ3n) is 14.2. The van der Waals surface area contributed by atoms with E-state index >= 15 is 0 Å². The van der Waals surface area contributed by atoms with Crippen LogP contribution in [0.1, 0.15) is 22.3 Å². The zero-order valence-electron chi connectivity index (χ0n) is 37.8. The normalized spacial score (nSPS) is 12.5. The van der Waals surface area contributed by atoms with Gasteiger partial charge >= 0.3 is 0 Å². The zero-order valence-corrected chi connectivity index (χ0v) is 37.8. The van der Waals surface area contributed by atoms with Gasteiger partial charge in [0.25, 0.3) is 0 Å². The Labute approximate surface area is 402 Å². The van der Waals surface area contributed by atoms with Crippen LogP contribution in [-0.2, 0) is 5.41 Å². The lowest BCUT2D eigenvalue weighted by atomic mass is 9.68. The number of rotatable bonds is 9. The summed E-state index contributed by atoms with van der Waals surface area (Å²) in [6, 6.07) is 99.1. The van der Waals surface area contributed by atoms with E-state index < -0.39 is 5.41 Å². The fourth-order valence-corrected chi connectivity index (χ4v) is 11.0. The molecule has 11 aromatic carbocycles. The summed E-state index contributed by atoms with van der Waals surface area (Å²) < 4.78 is 6.46. The standard InChI is InChI=1S/C67H45NO/c1-3-16-46(17-4-1)49-18-13-19-50(44-49)47-32-38-55(39-33-47)68(56-40-34-48(35-41-56)51-20-14-21-52(45-51)58-27-15-28-62-61-26-9-12-31-65(61)69-66(58)62)57-42-36-54(37-43-57)67(53-22-5-2-6-23-53)63-29-10-7-24-59(63)60-25-8-11-30-64(60)67/h1-45H. The van der Waals surface area contributed by atoms with Crippen LogP contribution in [-0.4, -0.2) is 0 Å². The van der Waals surface area contributed by atoms with Crippen molar-refractivity contribution in [2.24, 2.45) is 0 Å². The van der Waals surface area contributed by atoms with Crippen molar-refractivity contribution in [1.82, 2.24) is 0 Å². The van der Waals surface area contributed by atoms with Crippen molar-refractivity contribution in [2.45, 2.75) is 5.41 Å². The number of anilines is 3. The van der Waals surface area contributed by atoms with Gasteiger partial charge in [-0.25, -0.2) is 0 Å². The van der Waals surface area contributed by atoms with Crippen LogP contribution in [0.4, 0.5) is 17.1 Å². The number of furan rings is 1. The molecule has 0 bridgehead atoms. The van der Waals surface area contributed by atoms with Gasteiger partial charge in [0.2, 0.25) is 0 Å². The molecule has 0 fully saturated rings. The molecule has 0 aliphatic heterocycles. The quantitative estimate of drug-likeness (QED) is 0.144. The second-order valence-corrected chi connectivity index (χ2v) is 18.0. The number of benzene rings is 11. The van der Waals surface area contributed by atoms with Crippen molar-refractivity contribution in [2.75, 3.05) is 4.90 Å². The van der Waals surface area contributed by atoms with Gasteiger partial charge in [-0.3, -0.25) is 0 Å². The summed E-state index contributed by atoms with van der Waals surface area (Å²) in [6.07, 6.45) is 0. The van der Waals surface area contributed by atoms with E-state index in [-0.39, 0.29) is 0 Å². The van der Waals surface area contributed by atoms with Gasteiger partial charge in [0.15, 0.2) is 0 Å². The van der Waals surface area contributed by atoms with Gasteiger partial charge in [0.05, 0.1) is 5.41 Å². The Morgan fingerprint density at radius 3 is 1.29 bits per heavy atom. The molecule has 324 valence electrons. The Hall–Kier alpha value is -8.98. The van der Waals surface area contributed by atoms with E-state index in [4.69, 9.17) is 4.42 Å². The van der Waals surface area contributed by atoms with Crippen LogP contribution in [0.15, 0.2) is 277 Å². The summed E-state index contributed by atoms with van der Waals surface area (Å²) >= 11 is 0. The van der Waals surface area contributed by atoms with E-state index in [1.807, 2.05) is 12.1 Å². The largest absolute Gasteiger partial charge is 0.455 e. The van der Waals surface area contributed by atoms with Crippen molar-refractivity contribution in [3.8, 4) is 55.6 Å². The van der Waals surface area contributed by atoms with Gasteiger partial charge in [-0.05, 0) is 127 Å². The van der Waals surface area contributed by atoms with Crippen LogP contribution in [0.5, 0.6) is 0 Å². The summed E-state index contributed by atoms with van der Waals surface area (Å²) in [4.78, 5) is 2.38. The first-order valence-corrected chi connectivity index (χ1v) is 23.7. The van der Waals surface area contributed by atoms with E-state index in [9.17, 15) is 0 Å². The topological polar surface area (TPSA) is 16.4 Å².